The quantitative estimate of drug-likeness (QED) is 0.735. The minimum Gasteiger partial charge on any atom is -0.311 e. The van der Waals surface area contributed by atoms with E-state index in [1.165, 1.54) is 50.4 Å². The molecule has 0 bridgehead atoms. The van der Waals surface area contributed by atoms with Gasteiger partial charge < -0.3 is 5.32 Å². The van der Waals surface area contributed by atoms with Crippen LogP contribution in [-0.2, 0) is 0 Å². The second kappa shape index (κ2) is 5.94. The summed E-state index contributed by atoms with van der Waals surface area (Å²) in [5.41, 5.74) is 0.389. The van der Waals surface area contributed by atoms with Crippen molar-refractivity contribution in [1.82, 2.24) is 10.2 Å². The van der Waals surface area contributed by atoms with Crippen molar-refractivity contribution in [2.75, 3.05) is 31.1 Å². The molecule has 1 saturated carbocycles. The second-order valence-corrected chi connectivity index (χ2v) is 7.21. The van der Waals surface area contributed by atoms with E-state index in [2.05, 4.69) is 42.7 Å². The molecule has 2 aliphatic rings. The molecular weight excluding hydrogens is 228 g/mol. The van der Waals surface area contributed by atoms with Crippen molar-refractivity contribution >= 4 is 11.8 Å². The third kappa shape index (κ3) is 3.39. The van der Waals surface area contributed by atoms with Gasteiger partial charge in [-0.1, -0.05) is 13.8 Å². The molecule has 17 heavy (non-hydrogen) atoms. The molecule has 0 aromatic carbocycles. The summed E-state index contributed by atoms with van der Waals surface area (Å²) in [6.07, 6.45) is 4.17. The van der Waals surface area contributed by atoms with Crippen LogP contribution in [0.3, 0.4) is 0 Å². The Morgan fingerprint density at radius 3 is 2.71 bits per heavy atom. The summed E-state index contributed by atoms with van der Waals surface area (Å²) < 4.78 is 0. The summed E-state index contributed by atoms with van der Waals surface area (Å²) in [5.74, 6) is 3.53. The van der Waals surface area contributed by atoms with E-state index in [-0.39, 0.29) is 0 Å². The SMILES string of the molecule is CCSCCN1CC(C2CC2)NCC1(C)CC. The Balaban J connectivity index is 1.89. The molecule has 0 aromatic rings. The molecule has 0 aromatic heterocycles. The highest BCUT2D eigenvalue weighted by molar-refractivity contribution is 7.99. The van der Waals surface area contributed by atoms with Crippen LogP contribution >= 0.6 is 11.8 Å². The molecule has 0 radical (unpaired) electrons. The number of thioether (sulfide) groups is 1. The first-order valence-electron chi connectivity index (χ1n) is 7.26. The molecule has 100 valence electrons. The lowest BCUT2D eigenvalue weighted by Gasteiger charge is -2.48. The molecule has 2 nitrogen and oxygen atoms in total. The average molecular weight is 256 g/mol. The van der Waals surface area contributed by atoms with Crippen molar-refractivity contribution in [1.29, 1.82) is 0 Å². The Kier molecular flexibility index (Phi) is 4.79. The van der Waals surface area contributed by atoms with Crippen LogP contribution in [0.2, 0.25) is 0 Å². The van der Waals surface area contributed by atoms with E-state index in [9.17, 15) is 0 Å². The van der Waals surface area contributed by atoms with E-state index in [0.717, 1.165) is 12.0 Å². The monoisotopic (exact) mass is 256 g/mol. The summed E-state index contributed by atoms with van der Waals surface area (Å²) in [7, 11) is 0. The summed E-state index contributed by atoms with van der Waals surface area (Å²) in [6, 6.07) is 0.779. The van der Waals surface area contributed by atoms with Crippen molar-refractivity contribution in [2.45, 2.75) is 51.6 Å². The van der Waals surface area contributed by atoms with Gasteiger partial charge in [0.05, 0.1) is 0 Å². The summed E-state index contributed by atoms with van der Waals surface area (Å²) >= 11 is 2.08. The van der Waals surface area contributed by atoms with E-state index in [4.69, 9.17) is 0 Å². The molecule has 2 fully saturated rings. The molecule has 0 amide bonds. The van der Waals surface area contributed by atoms with Gasteiger partial charge in [0, 0.05) is 37.0 Å². The lowest BCUT2D eigenvalue weighted by atomic mass is 9.91. The highest BCUT2D eigenvalue weighted by Gasteiger charge is 2.41. The molecule has 1 aliphatic heterocycles. The molecule has 0 spiro atoms. The predicted molar refractivity (Wildman–Crippen MR) is 77.8 cm³/mol. The van der Waals surface area contributed by atoms with Crippen molar-refractivity contribution in [3.8, 4) is 0 Å². The lowest BCUT2D eigenvalue weighted by molar-refractivity contribution is 0.0503. The van der Waals surface area contributed by atoms with Crippen LogP contribution in [0.5, 0.6) is 0 Å². The van der Waals surface area contributed by atoms with Gasteiger partial charge in [-0.2, -0.15) is 11.8 Å². The summed E-state index contributed by atoms with van der Waals surface area (Å²) in [5, 5.41) is 3.79. The van der Waals surface area contributed by atoms with Gasteiger partial charge in [-0.05, 0) is 37.9 Å². The molecule has 1 heterocycles. The van der Waals surface area contributed by atoms with Crippen LogP contribution in [0, 0.1) is 5.92 Å². The van der Waals surface area contributed by atoms with E-state index in [1.807, 2.05) is 0 Å². The molecule has 1 aliphatic carbocycles. The number of nitrogens with one attached hydrogen (secondary N) is 1. The van der Waals surface area contributed by atoms with E-state index < -0.39 is 0 Å². The maximum atomic E-state index is 3.79. The van der Waals surface area contributed by atoms with Crippen LogP contribution in [-0.4, -0.2) is 47.6 Å². The molecule has 3 heteroatoms. The van der Waals surface area contributed by atoms with Gasteiger partial charge in [0.1, 0.15) is 0 Å². The zero-order valence-electron chi connectivity index (χ0n) is 11.7. The van der Waals surface area contributed by atoms with Crippen LogP contribution in [0.25, 0.3) is 0 Å². The van der Waals surface area contributed by atoms with Crippen molar-refractivity contribution in [2.24, 2.45) is 5.92 Å². The van der Waals surface area contributed by atoms with Crippen molar-refractivity contribution in [3.63, 3.8) is 0 Å². The zero-order valence-corrected chi connectivity index (χ0v) is 12.5. The fourth-order valence-corrected chi connectivity index (χ4v) is 3.47. The van der Waals surface area contributed by atoms with Crippen LogP contribution in [0.1, 0.15) is 40.0 Å². The third-order valence-electron chi connectivity index (χ3n) is 4.59. The molecule has 2 unspecified atom stereocenters. The van der Waals surface area contributed by atoms with Gasteiger partial charge in [-0.15, -0.1) is 0 Å². The van der Waals surface area contributed by atoms with Gasteiger partial charge in [0.15, 0.2) is 0 Å². The van der Waals surface area contributed by atoms with Gasteiger partial charge in [0.2, 0.25) is 0 Å². The fraction of sp³-hybridized carbons (Fsp3) is 1.00. The van der Waals surface area contributed by atoms with E-state index >= 15 is 0 Å². The molecule has 2 atom stereocenters. The number of rotatable bonds is 6. The first-order valence-corrected chi connectivity index (χ1v) is 8.41. The van der Waals surface area contributed by atoms with Gasteiger partial charge in [-0.25, -0.2) is 0 Å². The molecule has 2 rings (SSSR count). The number of nitrogens with zero attached hydrogens (tertiary/aromatic N) is 1. The molecular formula is C14H28N2S. The van der Waals surface area contributed by atoms with Gasteiger partial charge in [0.25, 0.3) is 0 Å². The fourth-order valence-electron chi connectivity index (χ4n) is 2.83. The molecule has 1 N–H and O–H groups in total. The lowest BCUT2D eigenvalue weighted by Crippen LogP contribution is -2.64. The number of hydrogen-bond acceptors (Lipinski definition) is 3. The van der Waals surface area contributed by atoms with Crippen molar-refractivity contribution in [3.05, 3.63) is 0 Å². The highest BCUT2D eigenvalue weighted by atomic mass is 32.2. The summed E-state index contributed by atoms with van der Waals surface area (Å²) in [4.78, 5) is 2.76. The largest absolute Gasteiger partial charge is 0.311 e. The second-order valence-electron chi connectivity index (χ2n) is 5.82. The number of hydrogen-bond donors (Lipinski definition) is 1. The van der Waals surface area contributed by atoms with Crippen LogP contribution < -0.4 is 5.32 Å². The Bertz CT molecular complexity index is 242. The number of piperazine rings is 1. The Morgan fingerprint density at radius 2 is 2.12 bits per heavy atom. The Morgan fingerprint density at radius 1 is 1.35 bits per heavy atom. The van der Waals surface area contributed by atoms with Crippen molar-refractivity contribution < 1.29 is 0 Å². The Hall–Kier alpha value is 0.270. The van der Waals surface area contributed by atoms with Gasteiger partial charge in [-0.3, -0.25) is 4.90 Å². The van der Waals surface area contributed by atoms with E-state index in [0.29, 0.717) is 5.54 Å². The minimum atomic E-state index is 0.389. The average Bonchev–Trinajstić information content (AvgIpc) is 3.16. The molecule has 1 saturated heterocycles. The summed E-state index contributed by atoms with van der Waals surface area (Å²) in [6.45, 7) is 10.8. The standard InChI is InChI=1S/C14H28N2S/c1-4-14(3)11-15-13(12-6-7-12)10-16(14)8-9-17-5-2/h12-13,15H,4-11H2,1-3H3. The van der Waals surface area contributed by atoms with Gasteiger partial charge >= 0.3 is 0 Å². The van der Waals surface area contributed by atoms with Crippen LogP contribution in [0.15, 0.2) is 0 Å². The Labute approximate surface area is 111 Å². The zero-order chi connectivity index (χ0) is 12.3. The first-order chi connectivity index (χ1) is 8.19. The topological polar surface area (TPSA) is 15.3 Å². The highest BCUT2D eigenvalue weighted by Crippen LogP contribution is 2.36. The predicted octanol–water partition coefficient (Wildman–Crippen LogP) is 2.59. The smallest absolute Gasteiger partial charge is 0.0304 e. The normalized spacial score (nSPS) is 35.1. The van der Waals surface area contributed by atoms with E-state index in [1.54, 1.807) is 0 Å². The first kappa shape index (κ1) is 13.7. The minimum absolute atomic E-state index is 0.389. The maximum Gasteiger partial charge on any atom is 0.0304 e. The maximum absolute atomic E-state index is 3.79. The third-order valence-corrected chi connectivity index (χ3v) is 5.47. The van der Waals surface area contributed by atoms with Crippen LogP contribution in [0.4, 0.5) is 0 Å².